The maximum Gasteiger partial charge on any atom is 0.335 e. The minimum absolute atomic E-state index is 0.0133. The fourth-order valence-corrected chi connectivity index (χ4v) is 2.67. The van der Waals surface area contributed by atoms with Crippen molar-refractivity contribution in [2.75, 3.05) is 0 Å². The van der Waals surface area contributed by atoms with Crippen molar-refractivity contribution in [2.45, 2.75) is 6.42 Å². The Kier molecular flexibility index (Phi) is 3.99. The minimum atomic E-state index is -1.14. The molecule has 0 atom stereocenters. The SMILES string of the molecule is O=C(O)c1ccc2[nH]c(=O)c(Cc3ccc(F)c(Cl)c3)c(O)c2c1. The third-order valence-electron chi connectivity index (χ3n) is 3.69. The number of hydrogen-bond donors (Lipinski definition) is 3. The standard InChI is InChI=1S/C17H11ClFNO4/c18-12-6-8(1-3-13(12)19)5-11-15(21)10-7-9(17(23)24)2-4-14(10)20-16(11)22/h1-4,6-7H,5H2,(H,23,24)(H2,20,21,22). The molecule has 3 N–H and O–H groups in total. The van der Waals surface area contributed by atoms with Crippen LogP contribution >= 0.6 is 11.6 Å². The number of fused-ring (bicyclic) bond motifs is 1. The van der Waals surface area contributed by atoms with Gasteiger partial charge in [0.1, 0.15) is 11.6 Å². The van der Waals surface area contributed by atoms with Gasteiger partial charge >= 0.3 is 5.97 Å². The van der Waals surface area contributed by atoms with E-state index in [1.165, 1.54) is 36.4 Å². The van der Waals surface area contributed by atoms with Gasteiger partial charge in [0.2, 0.25) is 0 Å². The van der Waals surface area contributed by atoms with Crippen LogP contribution in [0.4, 0.5) is 4.39 Å². The van der Waals surface area contributed by atoms with E-state index in [4.69, 9.17) is 16.7 Å². The van der Waals surface area contributed by atoms with E-state index in [1.807, 2.05) is 0 Å². The molecular weight excluding hydrogens is 337 g/mol. The molecule has 5 nitrogen and oxygen atoms in total. The van der Waals surface area contributed by atoms with Gasteiger partial charge in [0.15, 0.2) is 0 Å². The summed E-state index contributed by atoms with van der Waals surface area (Å²) in [6.45, 7) is 0. The number of aromatic amines is 1. The fraction of sp³-hybridized carbons (Fsp3) is 0.0588. The number of carboxylic acid groups (broad SMARTS) is 1. The summed E-state index contributed by atoms with van der Waals surface area (Å²) in [7, 11) is 0. The molecule has 0 radical (unpaired) electrons. The molecule has 122 valence electrons. The molecule has 2 aromatic carbocycles. The molecule has 1 aromatic heterocycles. The summed E-state index contributed by atoms with van der Waals surface area (Å²) in [4.78, 5) is 25.9. The van der Waals surface area contributed by atoms with Crippen molar-refractivity contribution in [3.05, 3.63) is 74.3 Å². The summed E-state index contributed by atoms with van der Waals surface area (Å²) < 4.78 is 13.2. The highest BCUT2D eigenvalue weighted by molar-refractivity contribution is 6.30. The van der Waals surface area contributed by atoms with E-state index >= 15 is 0 Å². The predicted octanol–water partition coefficient (Wildman–Crippen LogP) is 3.32. The van der Waals surface area contributed by atoms with Gasteiger partial charge in [0.25, 0.3) is 5.56 Å². The van der Waals surface area contributed by atoms with Crippen LogP contribution in [0.15, 0.2) is 41.2 Å². The molecule has 0 unspecified atom stereocenters. The Morgan fingerprint density at radius 1 is 1.21 bits per heavy atom. The molecule has 3 aromatic rings. The number of carboxylic acids is 1. The molecular formula is C17H11ClFNO4. The molecule has 0 fully saturated rings. The Bertz CT molecular complexity index is 1030. The van der Waals surface area contributed by atoms with E-state index in [0.717, 1.165) is 0 Å². The van der Waals surface area contributed by atoms with Crippen LogP contribution in [-0.4, -0.2) is 21.2 Å². The van der Waals surface area contributed by atoms with E-state index in [-0.39, 0.29) is 33.7 Å². The van der Waals surface area contributed by atoms with Gasteiger partial charge in [0, 0.05) is 11.8 Å². The number of aromatic carboxylic acids is 1. The zero-order valence-electron chi connectivity index (χ0n) is 12.1. The quantitative estimate of drug-likeness (QED) is 0.678. The zero-order valence-corrected chi connectivity index (χ0v) is 12.9. The Morgan fingerprint density at radius 2 is 1.96 bits per heavy atom. The third kappa shape index (κ3) is 2.83. The minimum Gasteiger partial charge on any atom is -0.507 e. The van der Waals surface area contributed by atoms with E-state index in [1.54, 1.807) is 0 Å². The Morgan fingerprint density at radius 3 is 2.62 bits per heavy atom. The fourth-order valence-electron chi connectivity index (χ4n) is 2.47. The van der Waals surface area contributed by atoms with Gasteiger partial charge in [0.05, 0.1) is 21.7 Å². The van der Waals surface area contributed by atoms with E-state index in [2.05, 4.69) is 4.98 Å². The number of hydrogen-bond acceptors (Lipinski definition) is 3. The third-order valence-corrected chi connectivity index (χ3v) is 3.98. The number of aromatic nitrogens is 1. The van der Waals surface area contributed by atoms with E-state index in [0.29, 0.717) is 11.1 Å². The molecule has 3 rings (SSSR count). The summed E-state index contributed by atoms with van der Waals surface area (Å²) >= 11 is 5.72. The molecule has 0 saturated carbocycles. The first kappa shape index (κ1) is 16.0. The number of rotatable bonds is 3. The van der Waals surface area contributed by atoms with Crippen molar-refractivity contribution in [3.8, 4) is 5.75 Å². The van der Waals surface area contributed by atoms with Crippen LogP contribution in [0.3, 0.4) is 0 Å². The first-order chi connectivity index (χ1) is 11.4. The first-order valence-electron chi connectivity index (χ1n) is 6.92. The second-order valence-corrected chi connectivity index (χ2v) is 5.68. The maximum absolute atomic E-state index is 13.2. The highest BCUT2D eigenvalue weighted by Crippen LogP contribution is 2.28. The van der Waals surface area contributed by atoms with Gasteiger partial charge in [-0.05, 0) is 35.9 Å². The number of benzene rings is 2. The molecule has 0 amide bonds. The molecule has 0 saturated heterocycles. The van der Waals surface area contributed by atoms with Gasteiger partial charge in [-0.25, -0.2) is 9.18 Å². The van der Waals surface area contributed by atoms with Crippen molar-refractivity contribution in [1.29, 1.82) is 0 Å². The van der Waals surface area contributed by atoms with Gasteiger partial charge in [-0.1, -0.05) is 17.7 Å². The molecule has 1 heterocycles. The van der Waals surface area contributed by atoms with Gasteiger partial charge in [-0.3, -0.25) is 4.79 Å². The van der Waals surface area contributed by atoms with Crippen LogP contribution in [0.5, 0.6) is 5.75 Å². The van der Waals surface area contributed by atoms with Crippen LogP contribution < -0.4 is 5.56 Å². The smallest absolute Gasteiger partial charge is 0.335 e. The molecule has 0 aliphatic carbocycles. The van der Waals surface area contributed by atoms with Crippen molar-refractivity contribution in [2.24, 2.45) is 0 Å². The summed E-state index contributed by atoms with van der Waals surface area (Å²) in [5.41, 5.74) is 0.385. The van der Waals surface area contributed by atoms with Crippen LogP contribution in [-0.2, 0) is 6.42 Å². The van der Waals surface area contributed by atoms with Gasteiger partial charge in [-0.15, -0.1) is 0 Å². The van der Waals surface area contributed by atoms with Crippen LogP contribution in [0.1, 0.15) is 21.5 Å². The second-order valence-electron chi connectivity index (χ2n) is 5.27. The van der Waals surface area contributed by atoms with E-state index < -0.39 is 17.3 Å². The molecule has 0 bridgehead atoms. The van der Waals surface area contributed by atoms with E-state index in [9.17, 15) is 19.1 Å². The summed E-state index contributed by atoms with van der Waals surface area (Å²) in [5, 5.41) is 19.6. The summed E-state index contributed by atoms with van der Waals surface area (Å²) in [6, 6.07) is 8.03. The number of H-pyrrole nitrogens is 1. The van der Waals surface area contributed by atoms with Crippen LogP contribution in [0.25, 0.3) is 10.9 Å². The molecule has 24 heavy (non-hydrogen) atoms. The lowest BCUT2D eigenvalue weighted by Gasteiger charge is -2.09. The Balaban J connectivity index is 2.14. The highest BCUT2D eigenvalue weighted by atomic mass is 35.5. The average molecular weight is 348 g/mol. The lowest BCUT2D eigenvalue weighted by Crippen LogP contribution is -2.13. The monoisotopic (exact) mass is 347 g/mol. The zero-order chi connectivity index (χ0) is 17.4. The Labute approximate surface area is 140 Å². The summed E-state index contributed by atoms with van der Waals surface area (Å²) in [6.07, 6.45) is 0.0222. The second kappa shape index (κ2) is 5.98. The molecule has 0 aliphatic heterocycles. The normalized spacial score (nSPS) is 10.9. The average Bonchev–Trinajstić information content (AvgIpc) is 2.54. The van der Waals surface area contributed by atoms with Crippen LogP contribution in [0, 0.1) is 5.82 Å². The molecule has 0 aliphatic rings. The number of halogens is 2. The number of aromatic hydroxyl groups is 1. The Hall–Kier alpha value is -2.86. The number of carbonyl (C=O) groups is 1. The lowest BCUT2D eigenvalue weighted by atomic mass is 10.0. The topological polar surface area (TPSA) is 90.4 Å². The van der Waals surface area contributed by atoms with Crippen LogP contribution in [0.2, 0.25) is 5.02 Å². The number of nitrogens with one attached hydrogen (secondary N) is 1. The maximum atomic E-state index is 13.2. The first-order valence-corrected chi connectivity index (χ1v) is 7.29. The van der Waals surface area contributed by atoms with Crippen molar-refractivity contribution >= 4 is 28.5 Å². The molecule has 0 spiro atoms. The van der Waals surface area contributed by atoms with Gasteiger partial charge < -0.3 is 15.2 Å². The molecule has 7 heteroatoms. The van der Waals surface area contributed by atoms with Crippen molar-refractivity contribution < 1.29 is 19.4 Å². The van der Waals surface area contributed by atoms with Gasteiger partial charge in [-0.2, -0.15) is 0 Å². The summed E-state index contributed by atoms with van der Waals surface area (Å²) in [5.74, 6) is -2.03. The van der Waals surface area contributed by atoms with Crippen molar-refractivity contribution in [1.82, 2.24) is 4.98 Å². The highest BCUT2D eigenvalue weighted by Gasteiger charge is 2.15. The predicted molar refractivity (Wildman–Crippen MR) is 87.4 cm³/mol. The lowest BCUT2D eigenvalue weighted by molar-refractivity contribution is 0.0697. The largest absolute Gasteiger partial charge is 0.507 e. The number of pyridine rings is 1. The van der Waals surface area contributed by atoms with Crippen molar-refractivity contribution in [3.63, 3.8) is 0 Å².